The van der Waals surface area contributed by atoms with E-state index in [0.29, 0.717) is 5.92 Å². The Morgan fingerprint density at radius 1 is 1.12 bits per heavy atom. The molecule has 0 aromatic rings. The maximum absolute atomic E-state index is 5.37. The van der Waals surface area contributed by atoms with Gasteiger partial charge in [-0.05, 0) is 0 Å². The molecule has 95 valence electrons. The molecule has 0 saturated heterocycles. The van der Waals surface area contributed by atoms with Crippen LogP contribution in [0.15, 0.2) is 12.7 Å². The van der Waals surface area contributed by atoms with E-state index in [1.54, 1.807) is 14.2 Å². The summed E-state index contributed by atoms with van der Waals surface area (Å²) in [5, 5.41) is 0. The van der Waals surface area contributed by atoms with Crippen LogP contribution in [0, 0.1) is 5.92 Å². The summed E-state index contributed by atoms with van der Waals surface area (Å²) in [6.45, 7) is 6.16. The average molecular weight is 263 g/mol. The van der Waals surface area contributed by atoms with Gasteiger partial charge in [0, 0.05) is 0 Å². The first-order valence-electron chi connectivity index (χ1n) is 6.34. The van der Waals surface area contributed by atoms with Crippen molar-refractivity contribution in [2.75, 3.05) is 14.2 Å². The van der Waals surface area contributed by atoms with Crippen molar-refractivity contribution in [1.82, 2.24) is 0 Å². The Morgan fingerprint density at radius 3 is 2.25 bits per heavy atom. The van der Waals surface area contributed by atoms with Gasteiger partial charge in [0.2, 0.25) is 0 Å². The van der Waals surface area contributed by atoms with Gasteiger partial charge in [-0.1, -0.05) is 0 Å². The first-order chi connectivity index (χ1) is 7.78. The molecule has 0 fully saturated rings. The summed E-state index contributed by atoms with van der Waals surface area (Å²) >= 11 is -1.67. The fourth-order valence-electron chi connectivity index (χ4n) is 1.78. The molecule has 0 rings (SSSR count). The summed E-state index contributed by atoms with van der Waals surface area (Å²) in [7, 11) is 3.53. The fraction of sp³-hybridized carbons (Fsp3) is 0.846. The Hall–Kier alpha value is 0.374. The van der Waals surface area contributed by atoms with E-state index in [4.69, 9.17) is 6.64 Å². The van der Waals surface area contributed by atoms with Gasteiger partial charge in [0.05, 0.1) is 0 Å². The number of hydrogen-bond acceptors (Lipinski definition) is 2. The molecule has 0 spiro atoms. The van der Waals surface area contributed by atoms with E-state index in [0.717, 1.165) is 4.73 Å². The second-order valence-electron chi connectivity index (χ2n) is 4.18. The quantitative estimate of drug-likeness (QED) is 0.314. The third kappa shape index (κ3) is 8.52. The first kappa shape index (κ1) is 16.4. The molecule has 0 radical (unpaired) electrons. The SMILES string of the molecule is C=CC(CCCCCCC)[CH2][Ti]([O]C)[O]C. The molecule has 2 nitrogen and oxygen atoms in total. The van der Waals surface area contributed by atoms with Gasteiger partial charge in [-0.3, -0.25) is 0 Å². The van der Waals surface area contributed by atoms with Gasteiger partial charge in [0.15, 0.2) is 0 Å². The Morgan fingerprint density at radius 2 is 1.75 bits per heavy atom. The molecular weight excluding hydrogens is 236 g/mol. The van der Waals surface area contributed by atoms with Gasteiger partial charge >= 0.3 is 108 Å². The molecule has 0 aromatic heterocycles. The standard InChI is InChI=1S/C11H21.2CH3O.Ti/c1-4-6-7-8-9-10-11(3)5-2;2*1-2;/h5,11H,2-4,6-10H2,1H3;2*1H3;/q;2*-1;+2. The van der Waals surface area contributed by atoms with Crippen molar-refractivity contribution in [3.63, 3.8) is 0 Å². The molecule has 1 unspecified atom stereocenters. The second kappa shape index (κ2) is 11.8. The Bertz CT molecular complexity index is 158. The Labute approximate surface area is 108 Å². The van der Waals surface area contributed by atoms with Crippen LogP contribution >= 0.6 is 0 Å². The van der Waals surface area contributed by atoms with Crippen LogP contribution in [-0.4, -0.2) is 14.2 Å². The third-order valence-electron chi connectivity index (χ3n) is 2.90. The summed E-state index contributed by atoms with van der Waals surface area (Å²) in [5.41, 5.74) is 0. The van der Waals surface area contributed by atoms with Gasteiger partial charge in [-0.15, -0.1) is 0 Å². The second-order valence-corrected chi connectivity index (χ2v) is 7.26. The zero-order chi connectivity index (χ0) is 12.2. The molecule has 0 aliphatic carbocycles. The van der Waals surface area contributed by atoms with E-state index in [-0.39, 0.29) is 0 Å². The molecule has 0 aliphatic heterocycles. The molecule has 16 heavy (non-hydrogen) atoms. The van der Waals surface area contributed by atoms with E-state index >= 15 is 0 Å². The van der Waals surface area contributed by atoms with Crippen molar-refractivity contribution in [1.29, 1.82) is 0 Å². The van der Waals surface area contributed by atoms with E-state index in [1.807, 2.05) is 0 Å². The van der Waals surface area contributed by atoms with Crippen LogP contribution in [0.4, 0.5) is 0 Å². The van der Waals surface area contributed by atoms with Crippen molar-refractivity contribution < 1.29 is 25.3 Å². The molecule has 0 aromatic carbocycles. The van der Waals surface area contributed by atoms with E-state index in [1.165, 1.54) is 38.5 Å². The van der Waals surface area contributed by atoms with E-state index < -0.39 is 18.6 Å². The Balaban J connectivity index is 3.61. The number of allylic oxidation sites excluding steroid dienone is 1. The molecule has 0 saturated carbocycles. The predicted octanol–water partition coefficient (Wildman–Crippen LogP) is 4.31. The summed E-state index contributed by atoms with van der Waals surface area (Å²) in [6, 6.07) is 0. The van der Waals surface area contributed by atoms with Crippen molar-refractivity contribution in [3.8, 4) is 0 Å². The van der Waals surface area contributed by atoms with Crippen LogP contribution in [0.3, 0.4) is 0 Å². The molecule has 1 atom stereocenters. The van der Waals surface area contributed by atoms with Gasteiger partial charge in [-0.25, -0.2) is 0 Å². The van der Waals surface area contributed by atoms with Crippen molar-refractivity contribution in [3.05, 3.63) is 12.7 Å². The number of unbranched alkanes of at least 4 members (excludes halogenated alkanes) is 4. The normalized spacial score (nSPS) is 12.4. The van der Waals surface area contributed by atoms with Gasteiger partial charge in [0.25, 0.3) is 0 Å². The van der Waals surface area contributed by atoms with Crippen molar-refractivity contribution >= 4 is 0 Å². The predicted molar refractivity (Wildman–Crippen MR) is 65.9 cm³/mol. The maximum atomic E-state index is 5.37. The minimum absolute atomic E-state index is 0.594. The summed E-state index contributed by atoms with van der Waals surface area (Å²) in [4.78, 5) is 0. The molecular formula is C13H27O2Ti. The van der Waals surface area contributed by atoms with Crippen LogP contribution in [0.25, 0.3) is 0 Å². The zero-order valence-electron chi connectivity index (χ0n) is 11.1. The van der Waals surface area contributed by atoms with Crippen LogP contribution in [0.5, 0.6) is 0 Å². The minimum atomic E-state index is -1.67. The molecule has 0 bridgehead atoms. The van der Waals surface area contributed by atoms with Gasteiger partial charge in [-0.2, -0.15) is 0 Å². The van der Waals surface area contributed by atoms with Crippen LogP contribution in [0.1, 0.15) is 45.4 Å². The topological polar surface area (TPSA) is 18.5 Å². The summed E-state index contributed by atoms with van der Waals surface area (Å²) in [6.07, 6.45) is 10.0. The fourth-order valence-corrected chi connectivity index (χ4v) is 3.81. The first-order valence-corrected chi connectivity index (χ1v) is 8.72. The third-order valence-corrected chi connectivity index (χ3v) is 5.66. The molecule has 0 N–H and O–H groups in total. The molecule has 0 aliphatic rings. The van der Waals surface area contributed by atoms with Gasteiger partial charge in [0.1, 0.15) is 0 Å². The summed E-state index contributed by atoms with van der Waals surface area (Å²) < 4.78 is 11.8. The van der Waals surface area contributed by atoms with Crippen molar-refractivity contribution in [2.45, 2.75) is 50.2 Å². The number of hydrogen-bond donors (Lipinski definition) is 0. The van der Waals surface area contributed by atoms with Gasteiger partial charge < -0.3 is 0 Å². The van der Waals surface area contributed by atoms with Crippen molar-refractivity contribution in [2.24, 2.45) is 5.92 Å². The summed E-state index contributed by atoms with van der Waals surface area (Å²) in [5.74, 6) is 0.594. The van der Waals surface area contributed by atoms with E-state index in [2.05, 4.69) is 19.6 Å². The van der Waals surface area contributed by atoms with E-state index in [9.17, 15) is 0 Å². The van der Waals surface area contributed by atoms with Crippen LogP contribution in [-0.2, 0) is 25.3 Å². The average Bonchev–Trinajstić information content (AvgIpc) is 2.33. The molecule has 0 amide bonds. The van der Waals surface area contributed by atoms with Crippen LogP contribution < -0.4 is 0 Å². The zero-order valence-corrected chi connectivity index (χ0v) is 12.7. The van der Waals surface area contributed by atoms with Crippen LogP contribution in [0.2, 0.25) is 4.73 Å². The molecule has 3 heteroatoms. The monoisotopic (exact) mass is 263 g/mol. The number of rotatable bonds is 11. The molecule has 0 heterocycles. The Kier molecular flexibility index (Phi) is 12.1.